The molecule has 1 amide bonds. The maximum atomic E-state index is 11.5. The third-order valence-electron chi connectivity index (χ3n) is 1.74. The molecule has 6 nitrogen and oxygen atoms in total. The van der Waals surface area contributed by atoms with Crippen molar-refractivity contribution in [2.75, 3.05) is 5.32 Å². The normalized spacial score (nSPS) is 10.1. The second-order valence-corrected chi connectivity index (χ2v) is 3.37. The lowest BCUT2D eigenvalue weighted by atomic mass is 10.5. The van der Waals surface area contributed by atoms with Crippen molar-refractivity contribution in [1.29, 1.82) is 0 Å². The Kier molecular flexibility index (Phi) is 3.11. The lowest BCUT2D eigenvalue weighted by Gasteiger charge is -2.03. The van der Waals surface area contributed by atoms with Crippen LogP contribution in [0.3, 0.4) is 0 Å². The van der Waals surface area contributed by atoms with Crippen LogP contribution >= 0.6 is 11.6 Å². The third-order valence-corrected chi connectivity index (χ3v) is 1.92. The molecule has 0 aliphatic heterocycles. The summed E-state index contributed by atoms with van der Waals surface area (Å²) < 4.78 is 1.51. The average Bonchev–Trinajstić information content (AvgIpc) is 2.70. The van der Waals surface area contributed by atoms with E-state index in [0.717, 1.165) is 0 Å². The van der Waals surface area contributed by atoms with E-state index in [1.807, 2.05) is 0 Å². The molecule has 0 bridgehead atoms. The summed E-state index contributed by atoms with van der Waals surface area (Å²) in [4.78, 5) is 19.2. The van der Waals surface area contributed by atoms with Crippen molar-refractivity contribution in [3.8, 4) is 0 Å². The zero-order valence-corrected chi connectivity index (χ0v) is 8.92. The average molecular weight is 238 g/mol. The first-order valence-electron chi connectivity index (χ1n) is 4.49. The molecule has 0 atom stereocenters. The van der Waals surface area contributed by atoms with Crippen molar-refractivity contribution in [1.82, 2.24) is 19.7 Å². The first-order valence-corrected chi connectivity index (χ1v) is 4.86. The Morgan fingerprint density at radius 3 is 3.06 bits per heavy atom. The molecule has 2 heterocycles. The van der Waals surface area contributed by atoms with Gasteiger partial charge in [-0.05, 0) is 6.07 Å². The van der Waals surface area contributed by atoms with Crippen LogP contribution in [0.25, 0.3) is 0 Å². The molecule has 0 saturated carbocycles. The Morgan fingerprint density at radius 1 is 1.50 bits per heavy atom. The highest BCUT2D eigenvalue weighted by Gasteiger charge is 2.04. The number of carbonyl (C=O) groups is 1. The molecule has 7 heteroatoms. The van der Waals surface area contributed by atoms with E-state index in [4.69, 9.17) is 11.6 Å². The molecular weight excluding hydrogens is 230 g/mol. The molecule has 2 rings (SSSR count). The smallest absolute Gasteiger partial charge is 0.247 e. The highest BCUT2D eigenvalue weighted by atomic mass is 35.5. The van der Waals surface area contributed by atoms with E-state index in [0.29, 0.717) is 5.82 Å². The fraction of sp³-hybridized carbons (Fsp3) is 0.111. The summed E-state index contributed by atoms with van der Waals surface area (Å²) in [6, 6.07) is 1.74. The van der Waals surface area contributed by atoms with Gasteiger partial charge in [0.05, 0.1) is 12.4 Å². The Bertz CT molecular complexity index is 484. The molecular formula is C9H8ClN5O. The van der Waals surface area contributed by atoms with Crippen LogP contribution < -0.4 is 5.32 Å². The Morgan fingerprint density at radius 2 is 2.38 bits per heavy atom. The van der Waals surface area contributed by atoms with Gasteiger partial charge in [0.15, 0.2) is 5.82 Å². The topological polar surface area (TPSA) is 72.7 Å². The minimum Gasteiger partial charge on any atom is -0.308 e. The van der Waals surface area contributed by atoms with Crippen LogP contribution in [-0.4, -0.2) is 25.7 Å². The van der Waals surface area contributed by atoms with Crippen molar-refractivity contribution in [3.05, 3.63) is 36.0 Å². The second kappa shape index (κ2) is 4.71. The summed E-state index contributed by atoms with van der Waals surface area (Å²) in [5, 5.41) is 6.71. The van der Waals surface area contributed by atoms with Crippen LogP contribution in [0.4, 0.5) is 5.82 Å². The SMILES string of the molecule is O=C(Cn1cccn1)Nc1cncc(Cl)n1. The second-order valence-electron chi connectivity index (χ2n) is 2.98. The fourth-order valence-corrected chi connectivity index (χ4v) is 1.27. The zero-order chi connectivity index (χ0) is 11.4. The van der Waals surface area contributed by atoms with E-state index in [9.17, 15) is 4.79 Å². The number of aromatic nitrogens is 4. The Hall–Kier alpha value is -1.95. The predicted molar refractivity (Wildman–Crippen MR) is 57.9 cm³/mol. The summed E-state index contributed by atoms with van der Waals surface area (Å²) in [6.07, 6.45) is 6.12. The summed E-state index contributed by atoms with van der Waals surface area (Å²) >= 11 is 5.63. The minimum absolute atomic E-state index is 0.126. The summed E-state index contributed by atoms with van der Waals surface area (Å²) in [7, 11) is 0. The first-order chi connectivity index (χ1) is 7.74. The largest absolute Gasteiger partial charge is 0.308 e. The quantitative estimate of drug-likeness (QED) is 0.863. The fourth-order valence-electron chi connectivity index (χ4n) is 1.13. The van der Waals surface area contributed by atoms with Crippen LogP contribution in [0, 0.1) is 0 Å². The van der Waals surface area contributed by atoms with Crippen LogP contribution in [0.1, 0.15) is 0 Å². The molecule has 0 radical (unpaired) electrons. The van der Waals surface area contributed by atoms with E-state index < -0.39 is 0 Å². The van der Waals surface area contributed by atoms with E-state index >= 15 is 0 Å². The molecule has 0 unspecified atom stereocenters. The molecule has 0 aromatic carbocycles. The van der Waals surface area contributed by atoms with Gasteiger partial charge in [-0.1, -0.05) is 11.6 Å². The molecule has 0 aliphatic carbocycles. The maximum Gasteiger partial charge on any atom is 0.247 e. The van der Waals surface area contributed by atoms with Crippen LogP contribution in [0.5, 0.6) is 0 Å². The molecule has 2 aromatic rings. The van der Waals surface area contributed by atoms with Crippen LogP contribution in [-0.2, 0) is 11.3 Å². The van der Waals surface area contributed by atoms with Gasteiger partial charge in [-0.15, -0.1) is 0 Å². The molecule has 0 spiro atoms. The Labute approximate surface area is 96.3 Å². The molecule has 16 heavy (non-hydrogen) atoms. The zero-order valence-electron chi connectivity index (χ0n) is 8.17. The number of carbonyl (C=O) groups excluding carboxylic acids is 1. The van der Waals surface area contributed by atoms with E-state index in [-0.39, 0.29) is 17.6 Å². The van der Waals surface area contributed by atoms with Crippen molar-refractivity contribution >= 4 is 23.3 Å². The number of amides is 1. The Balaban J connectivity index is 1.97. The number of hydrogen-bond acceptors (Lipinski definition) is 4. The highest BCUT2D eigenvalue weighted by Crippen LogP contribution is 2.06. The third kappa shape index (κ3) is 2.77. The van der Waals surface area contributed by atoms with Crippen LogP contribution in [0.2, 0.25) is 5.15 Å². The van der Waals surface area contributed by atoms with Gasteiger partial charge in [-0.25, -0.2) is 4.98 Å². The van der Waals surface area contributed by atoms with Gasteiger partial charge in [0.1, 0.15) is 11.7 Å². The van der Waals surface area contributed by atoms with E-state index in [2.05, 4.69) is 20.4 Å². The summed E-state index contributed by atoms with van der Waals surface area (Å²) in [6.45, 7) is 0.126. The van der Waals surface area contributed by atoms with Gasteiger partial charge in [0, 0.05) is 12.4 Å². The van der Waals surface area contributed by atoms with Gasteiger partial charge in [0.2, 0.25) is 5.91 Å². The van der Waals surface area contributed by atoms with Crippen molar-refractivity contribution < 1.29 is 4.79 Å². The monoisotopic (exact) mass is 237 g/mol. The molecule has 0 aliphatic rings. The van der Waals surface area contributed by atoms with E-state index in [1.165, 1.54) is 17.1 Å². The lowest BCUT2D eigenvalue weighted by molar-refractivity contribution is -0.116. The van der Waals surface area contributed by atoms with Gasteiger partial charge in [-0.3, -0.25) is 14.5 Å². The van der Waals surface area contributed by atoms with Crippen molar-refractivity contribution in [2.24, 2.45) is 0 Å². The van der Waals surface area contributed by atoms with Gasteiger partial charge >= 0.3 is 0 Å². The molecule has 82 valence electrons. The van der Waals surface area contributed by atoms with Crippen molar-refractivity contribution in [3.63, 3.8) is 0 Å². The minimum atomic E-state index is -0.236. The number of rotatable bonds is 3. The van der Waals surface area contributed by atoms with Gasteiger partial charge in [0.25, 0.3) is 0 Å². The first kappa shape index (κ1) is 10.6. The molecule has 2 aromatic heterocycles. The number of hydrogen-bond donors (Lipinski definition) is 1. The number of anilines is 1. The molecule has 1 N–H and O–H groups in total. The predicted octanol–water partition coefficient (Wildman–Crippen LogP) is 0.965. The van der Waals surface area contributed by atoms with Gasteiger partial charge in [-0.2, -0.15) is 5.10 Å². The van der Waals surface area contributed by atoms with Crippen molar-refractivity contribution in [2.45, 2.75) is 6.54 Å². The standard InChI is InChI=1S/C9H8ClN5O/c10-7-4-11-5-8(13-7)14-9(16)6-15-3-1-2-12-15/h1-5H,6H2,(H,13,14,16). The number of nitrogens with one attached hydrogen (secondary N) is 1. The summed E-state index contributed by atoms with van der Waals surface area (Å²) in [5.74, 6) is 0.0879. The maximum absolute atomic E-state index is 11.5. The van der Waals surface area contributed by atoms with Gasteiger partial charge < -0.3 is 5.32 Å². The summed E-state index contributed by atoms with van der Waals surface area (Å²) in [5.41, 5.74) is 0. The molecule has 0 fully saturated rings. The van der Waals surface area contributed by atoms with Crippen LogP contribution in [0.15, 0.2) is 30.9 Å². The lowest BCUT2D eigenvalue weighted by Crippen LogP contribution is -2.19. The molecule has 0 saturated heterocycles. The van der Waals surface area contributed by atoms with E-state index in [1.54, 1.807) is 18.5 Å². The highest BCUT2D eigenvalue weighted by molar-refractivity contribution is 6.29. The number of halogens is 1. The number of nitrogens with zero attached hydrogens (tertiary/aromatic N) is 4.